The van der Waals surface area contributed by atoms with Gasteiger partial charge < -0.3 is 10.2 Å². The number of carbonyl (C=O) groups excluding carboxylic acids is 1. The van der Waals surface area contributed by atoms with E-state index in [9.17, 15) is 14.4 Å². The Hall–Kier alpha value is -2.24. The lowest BCUT2D eigenvalue weighted by atomic mass is 9.96. The van der Waals surface area contributed by atoms with E-state index in [0.29, 0.717) is 0 Å². The predicted molar refractivity (Wildman–Crippen MR) is 56.6 cm³/mol. The Morgan fingerprint density at radius 2 is 1.94 bits per heavy atom. The Bertz CT molecular complexity index is 429. The van der Waals surface area contributed by atoms with Crippen molar-refractivity contribution in [1.29, 1.82) is 0 Å². The third kappa shape index (κ3) is 4.02. The fraction of sp³-hybridized carbons (Fsp3) is 0.273. The number of aromatic nitrogens is 1. The van der Waals surface area contributed by atoms with E-state index in [1.165, 1.54) is 18.5 Å². The summed E-state index contributed by atoms with van der Waals surface area (Å²) >= 11 is 0. The maximum absolute atomic E-state index is 11.6. The minimum atomic E-state index is -1.29. The van der Waals surface area contributed by atoms with Crippen LogP contribution in [0.5, 0.6) is 0 Å². The molecule has 0 aliphatic rings. The summed E-state index contributed by atoms with van der Waals surface area (Å²) in [6.07, 6.45) is 1.90. The number of hydrogen-bond donors (Lipinski definition) is 2. The molecule has 2 N–H and O–H groups in total. The molecule has 1 aromatic heterocycles. The standard InChI is InChI=1S/C11H11NO5/c13-9(7-2-1-3-12-6-7)4-8(11(16)17)5-10(14)15/h1-3,6,8H,4-5H2,(H,14,15)(H,16,17)/t8-/m0/s1. The van der Waals surface area contributed by atoms with E-state index in [1.54, 1.807) is 6.07 Å². The summed E-state index contributed by atoms with van der Waals surface area (Å²) in [7, 11) is 0. The number of pyridine rings is 1. The van der Waals surface area contributed by atoms with Crippen LogP contribution in [-0.4, -0.2) is 32.9 Å². The van der Waals surface area contributed by atoms with E-state index in [1.807, 2.05) is 0 Å². The first kappa shape index (κ1) is 12.8. The number of carboxylic acid groups (broad SMARTS) is 2. The van der Waals surface area contributed by atoms with Gasteiger partial charge in [0.1, 0.15) is 0 Å². The molecule has 0 fully saturated rings. The van der Waals surface area contributed by atoms with E-state index in [0.717, 1.165) is 0 Å². The van der Waals surface area contributed by atoms with Gasteiger partial charge in [0, 0.05) is 24.4 Å². The fourth-order valence-electron chi connectivity index (χ4n) is 1.33. The van der Waals surface area contributed by atoms with Crippen molar-refractivity contribution in [2.45, 2.75) is 12.8 Å². The Kier molecular flexibility index (Phi) is 4.33. The van der Waals surface area contributed by atoms with Crippen molar-refractivity contribution < 1.29 is 24.6 Å². The summed E-state index contributed by atoms with van der Waals surface area (Å²) in [6, 6.07) is 3.06. The van der Waals surface area contributed by atoms with E-state index in [2.05, 4.69) is 4.98 Å². The third-order valence-electron chi connectivity index (χ3n) is 2.19. The third-order valence-corrected chi connectivity index (χ3v) is 2.19. The lowest BCUT2D eigenvalue weighted by Gasteiger charge is -2.08. The molecule has 1 aromatic rings. The van der Waals surface area contributed by atoms with Crippen molar-refractivity contribution in [3.8, 4) is 0 Å². The molecule has 0 radical (unpaired) electrons. The average Bonchev–Trinajstić information content (AvgIpc) is 2.28. The second kappa shape index (κ2) is 5.74. The minimum Gasteiger partial charge on any atom is -0.481 e. The highest BCUT2D eigenvalue weighted by Crippen LogP contribution is 2.13. The molecule has 6 heteroatoms. The monoisotopic (exact) mass is 237 g/mol. The summed E-state index contributed by atoms with van der Waals surface area (Å²) in [5, 5.41) is 17.3. The smallest absolute Gasteiger partial charge is 0.307 e. The second-order valence-electron chi connectivity index (χ2n) is 3.50. The average molecular weight is 237 g/mol. The lowest BCUT2D eigenvalue weighted by molar-refractivity contribution is -0.148. The van der Waals surface area contributed by atoms with Crippen molar-refractivity contribution in [3.63, 3.8) is 0 Å². The quantitative estimate of drug-likeness (QED) is 0.710. The molecule has 90 valence electrons. The SMILES string of the molecule is O=C(O)C[C@H](CC(=O)c1cccnc1)C(=O)O. The molecule has 0 unspecified atom stereocenters. The van der Waals surface area contributed by atoms with Gasteiger partial charge in [-0.2, -0.15) is 0 Å². The van der Waals surface area contributed by atoms with E-state index < -0.39 is 30.1 Å². The summed E-state index contributed by atoms with van der Waals surface area (Å²) in [4.78, 5) is 36.6. The summed E-state index contributed by atoms with van der Waals surface area (Å²) < 4.78 is 0. The van der Waals surface area contributed by atoms with Crippen LogP contribution in [0, 0.1) is 5.92 Å². The molecule has 1 atom stereocenters. The number of carboxylic acids is 2. The zero-order chi connectivity index (χ0) is 12.8. The van der Waals surface area contributed by atoms with E-state index in [-0.39, 0.29) is 12.0 Å². The number of aliphatic carboxylic acids is 2. The van der Waals surface area contributed by atoms with Crippen molar-refractivity contribution in [2.24, 2.45) is 5.92 Å². The molecule has 17 heavy (non-hydrogen) atoms. The molecule has 0 spiro atoms. The molecule has 6 nitrogen and oxygen atoms in total. The normalized spacial score (nSPS) is 11.8. The van der Waals surface area contributed by atoms with Crippen LogP contribution in [0.2, 0.25) is 0 Å². The zero-order valence-corrected chi connectivity index (χ0v) is 8.87. The summed E-state index contributed by atoms with van der Waals surface area (Å²) in [5.41, 5.74) is 0.282. The largest absolute Gasteiger partial charge is 0.481 e. The van der Waals surface area contributed by atoms with Crippen LogP contribution in [0.15, 0.2) is 24.5 Å². The van der Waals surface area contributed by atoms with Crippen molar-refractivity contribution >= 4 is 17.7 Å². The Labute approximate surface area is 96.9 Å². The van der Waals surface area contributed by atoms with E-state index >= 15 is 0 Å². The van der Waals surface area contributed by atoms with Gasteiger partial charge in [-0.15, -0.1) is 0 Å². The van der Waals surface area contributed by atoms with Gasteiger partial charge in [-0.05, 0) is 12.1 Å². The number of carbonyl (C=O) groups is 3. The number of hydrogen-bond acceptors (Lipinski definition) is 4. The highest BCUT2D eigenvalue weighted by atomic mass is 16.4. The van der Waals surface area contributed by atoms with Crippen molar-refractivity contribution in [3.05, 3.63) is 30.1 Å². The number of rotatable bonds is 6. The molecule has 0 aromatic carbocycles. The van der Waals surface area contributed by atoms with Crippen LogP contribution in [-0.2, 0) is 9.59 Å². The van der Waals surface area contributed by atoms with Crippen LogP contribution >= 0.6 is 0 Å². The van der Waals surface area contributed by atoms with Crippen LogP contribution in [0.3, 0.4) is 0 Å². The highest BCUT2D eigenvalue weighted by molar-refractivity contribution is 5.98. The van der Waals surface area contributed by atoms with Gasteiger partial charge in [0.15, 0.2) is 5.78 Å². The fourth-order valence-corrected chi connectivity index (χ4v) is 1.33. The van der Waals surface area contributed by atoms with Gasteiger partial charge in [0.05, 0.1) is 12.3 Å². The first-order chi connectivity index (χ1) is 8.00. The Morgan fingerprint density at radius 1 is 1.24 bits per heavy atom. The highest BCUT2D eigenvalue weighted by Gasteiger charge is 2.24. The minimum absolute atomic E-state index is 0.282. The first-order valence-electron chi connectivity index (χ1n) is 4.88. The molecule has 0 aliphatic carbocycles. The maximum Gasteiger partial charge on any atom is 0.307 e. The maximum atomic E-state index is 11.6. The Balaban J connectivity index is 2.71. The topological polar surface area (TPSA) is 105 Å². The van der Waals surface area contributed by atoms with Gasteiger partial charge in [-0.1, -0.05) is 0 Å². The number of nitrogens with zero attached hydrogens (tertiary/aromatic N) is 1. The Morgan fingerprint density at radius 3 is 2.41 bits per heavy atom. The van der Waals surface area contributed by atoms with Gasteiger partial charge in [0.2, 0.25) is 0 Å². The molecule has 0 bridgehead atoms. The zero-order valence-electron chi connectivity index (χ0n) is 8.87. The molecular formula is C11H11NO5. The second-order valence-corrected chi connectivity index (χ2v) is 3.50. The van der Waals surface area contributed by atoms with Gasteiger partial charge >= 0.3 is 11.9 Å². The van der Waals surface area contributed by atoms with Crippen LogP contribution in [0.25, 0.3) is 0 Å². The molecular weight excluding hydrogens is 226 g/mol. The van der Waals surface area contributed by atoms with Gasteiger partial charge in [-0.3, -0.25) is 19.4 Å². The van der Waals surface area contributed by atoms with Crippen molar-refractivity contribution in [1.82, 2.24) is 4.98 Å². The number of ketones is 1. The summed E-state index contributed by atoms with van der Waals surface area (Å²) in [6.45, 7) is 0. The first-order valence-corrected chi connectivity index (χ1v) is 4.88. The number of Topliss-reactive ketones (excluding diaryl/α,β-unsaturated/α-hetero) is 1. The van der Waals surface area contributed by atoms with Crippen molar-refractivity contribution in [2.75, 3.05) is 0 Å². The lowest BCUT2D eigenvalue weighted by Crippen LogP contribution is -2.21. The predicted octanol–water partition coefficient (Wildman–Crippen LogP) is 0.830. The van der Waals surface area contributed by atoms with Gasteiger partial charge in [-0.25, -0.2) is 0 Å². The molecule has 0 aliphatic heterocycles. The molecule has 1 heterocycles. The molecule has 0 saturated carbocycles. The van der Waals surface area contributed by atoms with Crippen LogP contribution in [0.1, 0.15) is 23.2 Å². The molecule has 1 rings (SSSR count). The molecule has 0 saturated heterocycles. The van der Waals surface area contributed by atoms with E-state index in [4.69, 9.17) is 10.2 Å². The summed E-state index contributed by atoms with van der Waals surface area (Å²) in [5.74, 6) is -4.16. The molecule has 0 amide bonds. The van der Waals surface area contributed by atoms with Crippen LogP contribution in [0.4, 0.5) is 0 Å². The van der Waals surface area contributed by atoms with Crippen LogP contribution < -0.4 is 0 Å². The van der Waals surface area contributed by atoms with Gasteiger partial charge in [0.25, 0.3) is 0 Å².